The van der Waals surface area contributed by atoms with Crippen molar-refractivity contribution in [3.8, 4) is 0 Å². The Kier molecular flexibility index (Phi) is 5.85. The largest absolute Gasteiger partial charge is 0.250 e. The van der Waals surface area contributed by atoms with Gasteiger partial charge in [-0.2, -0.15) is 0 Å². The van der Waals surface area contributed by atoms with Crippen LogP contribution in [-0.4, -0.2) is 4.98 Å². The number of aromatic nitrogens is 2. The number of hydrogen-bond acceptors (Lipinski definition) is 0. The van der Waals surface area contributed by atoms with Crippen LogP contribution in [0, 0.1) is 5.92 Å². The second kappa shape index (κ2) is 7.88. The third-order valence-electron chi connectivity index (χ3n) is 4.08. The van der Waals surface area contributed by atoms with Gasteiger partial charge in [-0.15, -0.1) is 0 Å². The zero-order valence-electron chi connectivity index (χ0n) is 12.8. The van der Waals surface area contributed by atoms with E-state index < -0.39 is 0 Å². The molecule has 1 aromatic heterocycles. The highest BCUT2D eigenvalue weighted by Gasteiger charge is 2.25. The van der Waals surface area contributed by atoms with Crippen molar-refractivity contribution in [2.75, 3.05) is 0 Å². The van der Waals surface area contributed by atoms with Gasteiger partial charge in [-0.1, -0.05) is 57.0 Å². The van der Waals surface area contributed by atoms with E-state index in [-0.39, 0.29) is 0 Å². The Bertz CT molecular complexity index is 461. The summed E-state index contributed by atoms with van der Waals surface area (Å²) in [5.74, 6) is 0.711. The summed E-state index contributed by atoms with van der Waals surface area (Å²) < 4.78 is 2.37. The minimum atomic E-state index is 0.603. The number of hydrogen-bond donors (Lipinski definition) is 1. The van der Waals surface area contributed by atoms with Crippen LogP contribution in [0.3, 0.4) is 0 Å². The molecule has 0 aliphatic carbocycles. The van der Waals surface area contributed by atoms with E-state index in [9.17, 15) is 0 Å². The van der Waals surface area contributed by atoms with Crippen LogP contribution in [0.4, 0.5) is 0 Å². The lowest BCUT2D eigenvalue weighted by Gasteiger charge is -2.24. The second-order valence-corrected chi connectivity index (χ2v) is 5.65. The van der Waals surface area contributed by atoms with Gasteiger partial charge in [0.15, 0.2) is 0 Å². The maximum absolute atomic E-state index is 3.19. The summed E-state index contributed by atoms with van der Waals surface area (Å²) in [4.78, 5) is 3.19. The van der Waals surface area contributed by atoms with Crippen LogP contribution in [0.2, 0.25) is 0 Å². The molecule has 0 radical (unpaired) electrons. The van der Waals surface area contributed by atoms with Crippen molar-refractivity contribution in [3.05, 3.63) is 54.6 Å². The molecule has 0 spiro atoms. The van der Waals surface area contributed by atoms with Crippen LogP contribution in [0.15, 0.2) is 49.1 Å². The molecule has 0 saturated carbocycles. The van der Waals surface area contributed by atoms with E-state index in [4.69, 9.17) is 0 Å². The molecule has 0 aliphatic heterocycles. The van der Waals surface area contributed by atoms with E-state index in [0.717, 1.165) is 0 Å². The highest BCUT2D eigenvalue weighted by atomic mass is 15.1. The standard InChI is InChI=1S/C18H26N2/c1-3-8-17(14-16-10-6-5-7-11-16)18(9-4-2)20-13-12-19-15-20/h5-7,10-13,15,17-18H,3-4,8-9,14H2,1-2H3/p+1. The topological polar surface area (TPSA) is 19.7 Å². The number of imidazole rings is 1. The van der Waals surface area contributed by atoms with Crippen LogP contribution < -0.4 is 4.57 Å². The van der Waals surface area contributed by atoms with Crippen LogP contribution >= 0.6 is 0 Å². The van der Waals surface area contributed by atoms with Crippen molar-refractivity contribution >= 4 is 0 Å². The lowest BCUT2D eigenvalue weighted by atomic mass is 9.86. The van der Waals surface area contributed by atoms with Gasteiger partial charge in [-0.3, -0.25) is 4.98 Å². The molecule has 2 heteroatoms. The zero-order valence-corrected chi connectivity index (χ0v) is 12.8. The van der Waals surface area contributed by atoms with Gasteiger partial charge in [-0.05, 0) is 24.8 Å². The molecular weight excluding hydrogens is 244 g/mol. The van der Waals surface area contributed by atoms with Crippen LogP contribution in [-0.2, 0) is 6.42 Å². The summed E-state index contributed by atoms with van der Waals surface area (Å²) in [6.07, 6.45) is 12.5. The summed E-state index contributed by atoms with van der Waals surface area (Å²) in [6.45, 7) is 4.58. The van der Waals surface area contributed by atoms with Gasteiger partial charge in [0.1, 0.15) is 18.4 Å². The predicted molar refractivity (Wildman–Crippen MR) is 83.5 cm³/mol. The van der Waals surface area contributed by atoms with Crippen molar-refractivity contribution in [2.45, 2.75) is 52.0 Å². The summed E-state index contributed by atoms with van der Waals surface area (Å²) in [7, 11) is 0. The lowest BCUT2D eigenvalue weighted by Crippen LogP contribution is -2.42. The molecule has 108 valence electrons. The molecule has 20 heavy (non-hydrogen) atoms. The minimum absolute atomic E-state index is 0.603. The average Bonchev–Trinajstić information content (AvgIpc) is 2.99. The fourth-order valence-electron chi connectivity index (χ4n) is 3.15. The Morgan fingerprint density at radius 3 is 2.40 bits per heavy atom. The maximum Gasteiger partial charge on any atom is 0.241 e. The molecule has 2 aromatic rings. The molecule has 2 nitrogen and oxygen atoms in total. The first-order chi connectivity index (χ1) is 9.85. The Morgan fingerprint density at radius 1 is 1.05 bits per heavy atom. The first-order valence-electron chi connectivity index (χ1n) is 7.92. The average molecular weight is 271 g/mol. The van der Waals surface area contributed by atoms with Gasteiger partial charge in [-0.25, -0.2) is 4.57 Å². The van der Waals surface area contributed by atoms with Crippen molar-refractivity contribution in [3.63, 3.8) is 0 Å². The Balaban J connectivity index is 2.16. The molecule has 1 aromatic carbocycles. The molecule has 0 amide bonds. The lowest BCUT2D eigenvalue weighted by molar-refractivity contribution is -0.730. The summed E-state index contributed by atoms with van der Waals surface area (Å²) >= 11 is 0. The second-order valence-electron chi connectivity index (χ2n) is 5.65. The van der Waals surface area contributed by atoms with Crippen LogP contribution in [0.5, 0.6) is 0 Å². The molecule has 2 unspecified atom stereocenters. The quantitative estimate of drug-likeness (QED) is 0.691. The van der Waals surface area contributed by atoms with Crippen LogP contribution in [0.25, 0.3) is 0 Å². The molecular formula is C18H27N2+. The smallest absolute Gasteiger partial charge is 0.241 e. The van der Waals surface area contributed by atoms with Gasteiger partial charge in [0.05, 0.1) is 0 Å². The highest BCUT2D eigenvalue weighted by Crippen LogP contribution is 2.26. The van der Waals surface area contributed by atoms with Gasteiger partial charge in [0.2, 0.25) is 6.33 Å². The van der Waals surface area contributed by atoms with Crippen molar-refractivity contribution < 1.29 is 4.57 Å². The van der Waals surface area contributed by atoms with Crippen molar-refractivity contribution in [2.24, 2.45) is 5.92 Å². The maximum atomic E-state index is 3.19. The van der Waals surface area contributed by atoms with Crippen LogP contribution in [0.1, 0.15) is 51.1 Å². The van der Waals surface area contributed by atoms with Gasteiger partial charge in [0.25, 0.3) is 0 Å². The first kappa shape index (κ1) is 14.8. The summed E-state index contributed by atoms with van der Waals surface area (Å²) in [5, 5.41) is 0. The van der Waals surface area contributed by atoms with E-state index in [0.29, 0.717) is 12.0 Å². The predicted octanol–water partition coefficient (Wildman–Crippen LogP) is 4.30. The molecule has 1 N–H and O–H groups in total. The van der Waals surface area contributed by atoms with E-state index in [1.54, 1.807) is 0 Å². The van der Waals surface area contributed by atoms with Crippen molar-refractivity contribution in [1.29, 1.82) is 0 Å². The molecule has 0 bridgehead atoms. The summed E-state index contributed by atoms with van der Waals surface area (Å²) in [5.41, 5.74) is 1.46. The number of H-pyrrole nitrogens is 1. The Labute approximate surface area is 122 Å². The van der Waals surface area contributed by atoms with Gasteiger partial charge < -0.3 is 0 Å². The first-order valence-corrected chi connectivity index (χ1v) is 7.92. The molecule has 0 saturated heterocycles. The van der Waals surface area contributed by atoms with Crippen molar-refractivity contribution in [1.82, 2.24) is 4.98 Å². The summed E-state index contributed by atoms with van der Waals surface area (Å²) in [6, 6.07) is 11.5. The molecule has 0 aliphatic rings. The number of rotatable bonds is 8. The fourth-order valence-corrected chi connectivity index (χ4v) is 3.15. The number of nitrogens with zero attached hydrogens (tertiary/aromatic N) is 1. The monoisotopic (exact) mass is 271 g/mol. The number of nitrogens with one attached hydrogen (secondary N) is 1. The Morgan fingerprint density at radius 2 is 1.80 bits per heavy atom. The van der Waals surface area contributed by atoms with E-state index >= 15 is 0 Å². The highest BCUT2D eigenvalue weighted by molar-refractivity contribution is 5.15. The van der Waals surface area contributed by atoms with E-state index in [1.807, 2.05) is 6.20 Å². The van der Waals surface area contributed by atoms with E-state index in [1.165, 1.54) is 37.7 Å². The number of benzene rings is 1. The van der Waals surface area contributed by atoms with E-state index in [2.05, 4.69) is 66.3 Å². The molecule has 2 rings (SSSR count). The molecule has 1 heterocycles. The third kappa shape index (κ3) is 3.96. The third-order valence-corrected chi connectivity index (χ3v) is 4.08. The molecule has 2 atom stereocenters. The Hall–Kier alpha value is -1.57. The van der Waals surface area contributed by atoms with Gasteiger partial charge >= 0.3 is 0 Å². The van der Waals surface area contributed by atoms with Gasteiger partial charge in [0, 0.05) is 5.92 Å². The SMILES string of the molecule is CCCC(Cc1ccccc1)C(CCC)[n+]1cc[nH]c1. The number of aromatic amines is 1. The minimum Gasteiger partial charge on any atom is -0.250 e. The zero-order chi connectivity index (χ0) is 14.2. The fraction of sp³-hybridized carbons (Fsp3) is 0.500. The molecule has 0 fully saturated rings. The normalized spacial score (nSPS) is 14.1.